The number of hydrogen-bond acceptors (Lipinski definition) is 8. The number of aliphatic hydroxyl groups is 1. The van der Waals surface area contributed by atoms with Crippen LogP contribution < -0.4 is 0 Å². The van der Waals surface area contributed by atoms with Gasteiger partial charge in [-0.15, -0.1) is 0 Å². The quantitative estimate of drug-likeness (QED) is 0.0371. The van der Waals surface area contributed by atoms with E-state index in [-0.39, 0.29) is 24.8 Å². The fourth-order valence-electron chi connectivity index (χ4n) is 7.27. The maximum absolute atomic E-state index is 12.6. The molecule has 0 aliphatic carbocycles. The molecule has 56 heavy (non-hydrogen) atoms. The fourth-order valence-corrected chi connectivity index (χ4v) is 7.27. The van der Waals surface area contributed by atoms with E-state index in [9.17, 15) is 14.7 Å². The van der Waals surface area contributed by atoms with Gasteiger partial charge in [-0.05, 0) is 87.6 Å². The summed E-state index contributed by atoms with van der Waals surface area (Å²) in [7, 11) is 0. The zero-order valence-corrected chi connectivity index (χ0v) is 38.4. The van der Waals surface area contributed by atoms with E-state index in [1.165, 1.54) is 77.0 Å². The van der Waals surface area contributed by atoms with E-state index >= 15 is 0 Å². The number of nitrogens with zero attached hydrogens (tertiary/aromatic N) is 1. The lowest BCUT2D eigenvalue weighted by Crippen LogP contribution is -2.29. The van der Waals surface area contributed by atoms with Crippen molar-refractivity contribution in [2.45, 2.75) is 216 Å². The van der Waals surface area contributed by atoms with E-state index < -0.39 is 0 Å². The number of carbonyl (C=O) groups is 2. The highest BCUT2D eigenvalue weighted by Gasteiger charge is 2.15. The highest BCUT2D eigenvalue weighted by Crippen LogP contribution is 2.21. The Bertz CT molecular complexity index is 834. The van der Waals surface area contributed by atoms with Crippen LogP contribution in [0.4, 0.5) is 0 Å². The van der Waals surface area contributed by atoms with Crippen LogP contribution in [-0.4, -0.2) is 80.9 Å². The third kappa shape index (κ3) is 37.1. The first-order valence-corrected chi connectivity index (χ1v) is 23.9. The molecule has 0 heterocycles. The molecule has 0 fully saturated rings. The molecule has 0 rings (SSSR count). The second-order valence-electron chi connectivity index (χ2n) is 18.0. The molecule has 334 valence electrons. The molecule has 8 heteroatoms. The Kier molecular flexibility index (Phi) is 38.4. The van der Waals surface area contributed by atoms with Crippen molar-refractivity contribution >= 4 is 11.9 Å². The minimum atomic E-state index is -0.340. The molecule has 1 N–H and O–H groups in total. The molecule has 8 nitrogen and oxygen atoms in total. The molecule has 0 radical (unpaired) electrons. The van der Waals surface area contributed by atoms with Crippen molar-refractivity contribution < 1.29 is 33.6 Å². The van der Waals surface area contributed by atoms with Gasteiger partial charge in [0.15, 0.2) is 6.29 Å². The first-order valence-electron chi connectivity index (χ1n) is 23.9. The second-order valence-corrected chi connectivity index (χ2v) is 18.0. The zero-order chi connectivity index (χ0) is 41.7. The number of carbonyl (C=O) groups excluding carboxylic acids is 2. The molecular weight excluding hydrogens is 703 g/mol. The number of unbranched alkanes of at least 4 members (excludes halogenated alkanes) is 6. The Hall–Kier alpha value is -1.22. The maximum Gasteiger partial charge on any atom is 0.305 e. The average molecular weight is 798 g/mol. The second kappa shape index (κ2) is 39.3. The Morgan fingerprint density at radius 1 is 0.482 bits per heavy atom. The van der Waals surface area contributed by atoms with Gasteiger partial charge in [-0.3, -0.25) is 9.59 Å². The summed E-state index contributed by atoms with van der Waals surface area (Å²) in [5, 5.41) is 9.58. The molecule has 0 aromatic heterocycles. The maximum atomic E-state index is 12.6. The van der Waals surface area contributed by atoms with Gasteiger partial charge in [0.25, 0.3) is 0 Å². The summed E-state index contributed by atoms with van der Waals surface area (Å²) in [6, 6.07) is 0. The Morgan fingerprint density at radius 2 is 0.946 bits per heavy atom. The fraction of sp³-hybridized carbons (Fsp3) is 0.958. The number of esters is 2. The number of rotatable bonds is 42. The summed E-state index contributed by atoms with van der Waals surface area (Å²) in [6.07, 6.45) is 24.7. The third-order valence-electron chi connectivity index (χ3n) is 11.2. The van der Waals surface area contributed by atoms with Crippen molar-refractivity contribution in [2.75, 3.05) is 52.7 Å². The third-order valence-corrected chi connectivity index (χ3v) is 11.2. The van der Waals surface area contributed by atoms with Crippen LogP contribution in [0.3, 0.4) is 0 Å². The highest BCUT2D eigenvalue weighted by molar-refractivity contribution is 5.69. The summed E-state index contributed by atoms with van der Waals surface area (Å²) in [5.74, 6) is 3.23. The molecule has 0 saturated heterocycles. The van der Waals surface area contributed by atoms with Crippen LogP contribution in [0.2, 0.25) is 0 Å². The molecule has 0 aliphatic rings. The predicted octanol–water partition coefficient (Wildman–Crippen LogP) is 12.3. The van der Waals surface area contributed by atoms with Crippen LogP contribution in [0.15, 0.2) is 0 Å². The van der Waals surface area contributed by atoms with E-state index in [1.807, 2.05) is 0 Å². The van der Waals surface area contributed by atoms with Gasteiger partial charge in [-0.1, -0.05) is 145 Å². The topological polar surface area (TPSA) is 94.5 Å². The smallest absolute Gasteiger partial charge is 0.305 e. The van der Waals surface area contributed by atoms with Gasteiger partial charge in [0, 0.05) is 39.0 Å². The predicted molar refractivity (Wildman–Crippen MR) is 235 cm³/mol. The lowest BCUT2D eigenvalue weighted by molar-refractivity contribution is -0.163. The van der Waals surface area contributed by atoms with Crippen LogP contribution in [-0.2, 0) is 28.5 Å². The standard InChI is InChI=1S/C48H95NO7/c1-9-11-25-45(26-12-10-2)31-39-53-46(51)27-15-13-17-33-49(35-36-50)34-18-14-16-28-47(52)54-40-32-48(55-37-29-43(7)23-19-21-41(3)4)56-38-30-44(8)24-20-22-42(5)6/h41-45,48,50H,9-40H2,1-8H3. The minimum Gasteiger partial charge on any atom is -0.466 e. The molecule has 0 saturated carbocycles. The van der Waals surface area contributed by atoms with Crippen LogP contribution >= 0.6 is 0 Å². The summed E-state index contributed by atoms with van der Waals surface area (Å²) in [6.45, 7) is 23.1. The van der Waals surface area contributed by atoms with Crippen molar-refractivity contribution in [3.05, 3.63) is 0 Å². The largest absolute Gasteiger partial charge is 0.466 e. The first kappa shape index (κ1) is 54.8. The van der Waals surface area contributed by atoms with Gasteiger partial charge in [0.05, 0.1) is 19.8 Å². The molecule has 0 spiro atoms. The zero-order valence-electron chi connectivity index (χ0n) is 38.4. The average Bonchev–Trinajstić information content (AvgIpc) is 3.14. The molecule has 2 unspecified atom stereocenters. The summed E-state index contributed by atoms with van der Waals surface area (Å²) in [4.78, 5) is 27.1. The van der Waals surface area contributed by atoms with Gasteiger partial charge in [0.2, 0.25) is 0 Å². The van der Waals surface area contributed by atoms with Gasteiger partial charge in [0.1, 0.15) is 0 Å². The van der Waals surface area contributed by atoms with Gasteiger partial charge >= 0.3 is 11.9 Å². The minimum absolute atomic E-state index is 0.0669. The van der Waals surface area contributed by atoms with Crippen molar-refractivity contribution in [1.82, 2.24) is 4.90 Å². The molecule has 0 aromatic carbocycles. The SMILES string of the molecule is CCCCC(CCCC)CCOC(=O)CCCCCN(CCO)CCCCCC(=O)OCCC(OCCC(C)CCCC(C)C)OCCC(C)CCCC(C)C. The van der Waals surface area contributed by atoms with E-state index in [2.05, 4.69) is 60.3 Å². The van der Waals surface area contributed by atoms with Gasteiger partial charge in [-0.25, -0.2) is 0 Å². The van der Waals surface area contributed by atoms with Crippen molar-refractivity contribution in [1.29, 1.82) is 0 Å². The van der Waals surface area contributed by atoms with E-state index in [4.69, 9.17) is 18.9 Å². The van der Waals surface area contributed by atoms with Crippen LogP contribution in [0.1, 0.15) is 209 Å². The van der Waals surface area contributed by atoms with E-state index in [0.29, 0.717) is 70.0 Å². The lowest BCUT2D eigenvalue weighted by Gasteiger charge is -2.21. The Labute approximate surface area is 347 Å². The summed E-state index contributed by atoms with van der Waals surface area (Å²) in [5.41, 5.74) is 0. The van der Waals surface area contributed by atoms with E-state index in [0.717, 1.165) is 82.7 Å². The van der Waals surface area contributed by atoms with Crippen molar-refractivity contribution in [3.63, 3.8) is 0 Å². The number of hydrogen-bond donors (Lipinski definition) is 1. The molecular formula is C48H95NO7. The van der Waals surface area contributed by atoms with Crippen LogP contribution in [0.5, 0.6) is 0 Å². The lowest BCUT2D eigenvalue weighted by atomic mass is 9.93. The molecule has 0 bridgehead atoms. The van der Waals surface area contributed by atoms with Crippen molar-refractivity contribution in [2.24, 2.45) is 29.6 Å². The Balaban J connectivity index is 4.35. The first-order chi connectivity index (χ1) is 27.0. The van der Waals surface area contributed by atoms with Crippen LogP contribution in [0.25, 0.3) is 0 Å². The monoisotopic (exact) mass is 798 g/mol. The van der Waals surface area contributed by atoms with Gasteiger partial charge in [-0.2, -0.15) is 0 Å². The molecule has 0 aromatic rings. The molecule has 0 amide bonds. The van der Waals surface area contributed by atoms with Crippen molar-refractivity contribution in [3.8, 4) is 0 Å². The molecule has 0 aliphatic heterocycles. The van der Waals surface area contributed by atoms with Crippen LogP contribution in [0, 0.1) is 29.6 Å². The van der Waals surface area contributed by atoms with E-state index in [1.54, 1.807) is 0 Å². The van der Waals surface area contributed by atoms with Gasteiger partial charge < -0.3 is 29.0 Å². The summed E-state index contributed by atoms with van der Waals surface area (Å²) >= 11 is 0. The normalized spacial score (nSPS) is 13.6. The number of ether oxygens (including phenoxy) is 4. The Morgan fingerprint density at radius 3 is 1.38 bits per heavy atom. The summed E-state index contributed by atoms with van der Waals surface area (Å²) < 4.78 is 23.6. The molecule has 2 atom stereocenters. The number of aliphatic hydroxyl groups excluding tert-OH is 1. The highest BCUT2D eigenvalue weighted by atomic mass is 16.7.